The van der Waals surface area contributed by atoms with Gasteiger partial charge < -0.3 is 0 Å². The van der Waals surface area contributed by atoms with Crippen LogP contribution in [-0.2, 0) is 0 Å². The number of rotatable bonds is 0. The minimum Gasteiger partial charge on any atom is -0.296 e. The minimum atomic E-state index is -0.0625. The summed E-state index contributed by atoms with van der Waals surface area (Å²) in [4.78, 5) is 15.8. The molecule has 1 aromatic heterocycles. The van der Waals surface area contributed by atoms with Crippen molar-refractivity contribution in [3.8, 4) is 5.69 Å². The number of aromatic nitrogens is 2. The Hall–Kier alpha value is -1.61. The maximum absolute atomic E-state index is 11.8. The lowest BCUT2D eigenvalue weighted by Crippen LogP contribution is -1.97. The fourth-order valence-electron chi connectivity index (χ4n) is 1.69. The van der Waals surface area contributed by atoms with E-state index in [1.807, 2.05) is 6.07 Å². The van der Waals surface area contributed by atoms with E-state index in [1.165, 1.54) is 0 Å². The Labute approximate surface area is 85.0 Å². The predicted octanol–water partition coefficient (Wildman–Crippen LogP) is 2.07. The highest BCUT2D eigenvalue weighted by Crippen LogP contribution is 2.28. The maximum atomic E-state index is 11.8. The fourth-order valence-corrected chi connectivity index (χ4v) is 1.86. The highest BCUT2D eigenvalue weighted by Gasteiger charge is 2.27. The molecule has 1 aliphatic heterocycles. The third kappa shape index (κ3) is 0.822. The zero-order chi connectivity index (χ0) is 9.71. The molecule has 0 bridgehead atoms. The topological polar surface area (TPSA) is 34.9 Å². The molecule has 0 radical (unpaired) electrons. The largest absolute Gasteiger partial charge is 0.296 e. The van der Waals surface area contributed by atoms with Crippen LogP contribution in [0.25, 0.3) is 5.69 Å². The molecule has 1 aliphatic rings. The quantitative estimate of drug-likeness (QED) is 0.562. The van der Waals surface area contributed by atoms with Crippen LogP contribution >= 0.6 is 11.6 Å². The Morgan fingerprint density at radius 2 is 2.21 bits per heavy atom. The van der Waals surface area contributed by atoms with Crippen LogP contribution in [0.2, 0.25) is 5.02 Å². The first kappa shape index (κ1) is 7.76. The second-order valence-corrected chi connectivity index (χ2v) is 3.55. The summed E-state index contributed by atoms with van der Waals surface area (Å²) in [6.45, 7) is 0. The summed E-state index contributed by atoms with van der Waals surface area (Å²) < 4.78 is 1.77. The molecule has 0 N–H and O–H groups in total. The third-order valence-electron chi connectivity index (χ3n) is 2.31. The second-order valence-electron chi connectivity index (χ2n) is 3.11. The average Bonchev–Trinajstić information content (AvgIpc) is 2.72. The Morgan fingerprint density at radius 3 is 3.07 bits per heavy atom. The normalized spacial score (nSPS) is 12.8. The van der Waals surface area contributed by atoms with Gasteiger partial charge >= 0.3 is 0 Å². The first-order valence-corrected chi connectivity index (χ1v) is 4.53. The molecule has 4 heteroatoms. The van der Waals surface area contributed by atoms with Crippen LogP contribution in [0.4, 0.5) is 0 Å². The lowest BCUT2D eigenvalue weighted by atomic mass is 10.1. The highest BCUT2D eigenvalue weighted by atomic mass is 35.5. The van der Waals surface area contributed by atoms with E-state index in [-0.39, 0.29) is 5.78 Å². The van der Waals surface area contributed by atoms with Crippen molar-refractivity contribution < 1.29 is 4.79 Å². The van der Waals surface area contributed by atoms with E-state index in [9.17, 15) is 4.79 Å². The van der Waals surface area contributed by atoms with Gasteiger partial charge in [-0.15, -0.1) is 0 Å². The molecule has 3 nitrogen and oxygen atoms in total. The number of fused-ring (bicyclic) bond motifs is 3. The second kappa shape index (κ2) is 2.45. The van der Waals surface area contributed by atoms with Crippen LogP contribution in [0, 0.1) is 0 Å². The maximum Gasteiger partial charge on any atom is 0.230 e. The Kier molecular flexibility index (Phi) is 1.36. The molecule has 0 saturated carbocycles. The molecule has 0 saturated heterocycles. The highest BCUT2D eigenvalue weighted by molar-refractivity contribution is 6.31. The standard InChI is InChI=1S/C10H5ClN2O/c11-6-1-2-8-7(5-6)9(14)10-12-3-4-13(8)10/h1-5H. The van der Waals surface area contributed by atoms with Crippen molar-refractivity contribution in [2.45, 2.75) is 0 Å². The number of hydrogen-bond donors (Lipinski definition) is 0. The molecule has 0 spiro atoms. The summed E-state index contributed by atoms with van der Waals surface area (Å²) >= 11 is 5.82. The van der Waals surface area contributed by atoms with Crippen LogP contribution in [0.1, 0.15) is 16.2 Å². The Balaban J connectivity index is 2.38. The number of nitrogens with zero attached hydrogens (tertiary/aromatic N) is 2. The van der Waals surface area contributed by atoms with Crippen molar-refractivity contribution in [3.63, 3.8) is 0 Å². The molecule has 0 amide bonds. The molecular formula is C10H5ClN2O. The number of imidazole rings is 1. The van der Waals surface area contributed by atoms with E-state index < -0.39 is 0 Å². The van der Waals surface area contributed by atoms with Crippen LogP contribution in [0.15, 0.2) is 30.6 Å². The molecule has 14 heavy (non-hydrogen) atoms. The van der Waals surface area contributed by atoms with Crippen molar-refractivity contribution >= 4 is 17.4 Å². The molecular weight excluding hydrogens is 200 g/mol. The van der Waals surface area contributed by atoms with E-state index in [0.717, 1.165) is 5.69 Å². The number of carbonyl (C=O) groups is 1. The fraction of sp³-hybridized carbons (Fsp3) is 0. The molecule has 0 aliphatic carbocycles. The summed E-state index contributed by atoms with van der Waals surface area (Å²) in [5, 5.41) is 0.572. The molecule has 1 aromatic carbocycles. The molecule has 3 rings (SSSR count). The SMILES string of the molecule is O=C1c2cc(Cl)ccc2-n2ccnc21. The van der Waals surface area contributed by atoms with Gasteiger partial charge in [0.15, 0.2) is 5.82 Å². The number of ketones is 1. The van der Waals surface area contributed by atoms with Crippen molar-refractivity contribution in [2.24, 2.45) is 0 Å². The van der Waals surface area contributed by atoms with Gasteiger partial charge in [-0.1, -0.05) is 11.6 Å². The third-order valence-corrected chi connectivity index (χ3v) is 2.54. The van der Waals surface area contributed by atoms with E-state index in [4.69, 9.17) is 11.6 Å². The summed E-state index contributed by atoms with van der Waals surface area (Å²) in [6.07, 6.45) is 3.39. The molecule has 2 aromatic rings. The number of halogens is 1. The van der Waals surface area contributed by atoms with Gasteiger partial charge in [-0.25, -0.2) is 4.98 Å². The van der Waals surface area contributed by atoms with Crippen LogP contribution in [-0.4, -0.2) is 15.3 Å². The van der Waals surface area contributed by atoms with Gasteiger partial charge in [-0.3, -0.25) is 9.36 Å². The first-order valence-electron chi connectivity index (χ1n) is 4.15. The molecule has 2 heterocycles. The monoisotopic (exact) mass is 204 g/mol. The molecule has 0 atom stereocenters. The number of benzene rings is 1. The van der Waals surface area contributed by atoms with Crippen LogP contribution in [0.3, 0.4) is 0 Å². The zero-order valence-corrected chi connectivity index (χ0v) is 7.82. The van der Waals surface area contributed by atoms with Crippen LogP contribution < -0.4 is 0 Å². The van der Waals surface area contributed by atoms with Crippen molar-refractivity contribution in [2.75, 3.05) is 0 Å². The molecule has 68 valence electrons. The predicted molar refractivity (Wildman–Crippen MR) is 52.0 cm³/mol. The Morgan fingerprint density at radius 1 is 1.36 bits per heavy atom. The Bertz CT molecular complexity index is 545. The van der Waals surface area contributed by atoms with Gasteiger partial charge in [-0.2, -0.15) is 0 Å². The van der Waals surface area contributed by atoms with Gasteiger partial charge in [0, 0.05) is 17.4 Å². The van der Waals surface area contributed by atoms with Crippen LogP contribution in [0.5, 0.6) is 0 Å². The van der Waals surface area contributed by atoms with Gasteiger partial charge in [0.05, 0.1) is 11.3 Å². The summed E-state index contributed by atoms with van der Waals surface area (Å²) in [5.74, 6) is 0.398. The molecule has 0 fully saturated rings. The lowest BCUT2D eigenvalue weighted by molar-refractivity contribution is 0.103. The zero-order valence-electron chi connectivity index (χ0n) is 7.07. The smallest absolute Gasteiger partial charge is 0.230 e. The summed E-state index contributed by atoms with van der Waals surface area (Å²) in [5.41, 5.74) is 1.48. The summed E-state index contributed by atoms with van der Waals surface area (Å²) in [7, 11) is 0. The lowest BCUT2D eigenvalue weighted by Gasteiger charge is -1.99. The van der Waals surface area contributed by atoms with Crippen molar-refractivity contribution in [1.82, 2.24) is 9.55 Å². The molecule has 0 unspecified atom stereocenters. The van der Waals surface area contributed by atoms with Gasteiger partial charge in [-0.05, 0) is 18.2 Å². The number of hydrogen-bond acceptors (Lipinski definition) is 2. The van der Waals surface area contributed by atoms with Crippen molar-refractivity contribution in [3.05, 3.63) is 47.0 Å². The average molecular weight is 205 g/mol. The van der Waals surface area contributed by atoms with E-state index >= 15 is 0 Å². The van der Waals surface area contributed by atoms with Crippen molar-refractivity contribution in [1.29, 1.82) is 0 Å². The van der Waals surface area contributed by atoms with Gasteiger partial charge in [0.1, 0.15) is 0 Å². The van der Waals surface area contributed by atoms with E-state index in [2.05, 4.69) is 4.98 Å². The van der Waals surface area contributed by atoms with Gasteiger partial charge in [0.2, 0.25) is 5.78 Å². The van der Waals surface area contributed by atoms with Gasteiger partial charge in [0.25, 0.3) is 0 Å². The number of carbonyl (C=O) groups excluding carboxylic acids is 1. The first-order chi connectivity index (χ1) is 6.77. The summed E-state index contributed by atoms with van der Waals surface area (Å²) in [6, 6.07) is 5.27. The van der Waals surface area contributed by atoms with E-state index in [0.29, 0.717) is 16.4 Å². The van der Waals surface area contributed by atoms with E-state index in [1.54, 1.807) is 29.1 Å². The minimum absolute atomic E-state index is 0.0625.